The van der Waals surface area contributed by atoms with E-state index in [1.807, 2.05) is 12.3 Å². The normalized spacial score (nSPS) is 30.7. The van der Waals surface area contributed by atoms with Crippen molar-refractivity contribution in [2.75, 3.05) is 20.2 Å². The highest BCUT2D eigenvalue weighted by Gasteiger charge is 2.57. The topological polar surface area (TPSA) is 65.9 Å². The van der Waals surface area contributed by atoms with Gasteiger partial charge in [-0.1, -0.05) is 25.3 Å². The molecule has 0 spiro atoms. The summed E-state index contributed by atoms with van der Waals surface area (Å²) in [5.74, 6) is 0.896. The molecule has 0 amide bonds. The average molecular weight is 329 g/mol. The molecule has 3 aliphatic rings. The zero-order chi connectivity index (χ0) is 16.6. The van der Waals surface area contributed by atoms with E-state index >= 15 is 0 Å². The summed E-state index contributed by atoms with van der Waals surface area (Å²) in [7, 11) is 1.70. The highest BCUT2D eigenvalue weighted by atomic mass is 16.5. The molecule has 1 aliphatic heterocycles. The largest absolute Gasteiger partial charge is 0.497 e. The molecule has 0 saturated heterocycles. The number of hydrogen-bond donors (Lipinski definition) is 3. The molecule has 2 atom stereocenters. The Morgan fingerprint density at radius 3 is 2.83 bits per heavy atom. The van der Waals surface area contributed by atoms with Crippen molar-refractivity contribution in [1.29, 1.82) is 0 Å². The molecule has 1 heterocycles. The Labute approximate surface area is 143 Å². The van der Waals surface area contributed by atoms with Crippen LogP contribution < -0.4 is 15.4 Å². The zero-order valence-electron chi connectivity index (χ0n) is 14.3. The van der Waals surface area contributed by atoms with E-state index in [9.17, 15) is 5.11 Å². The van der Waals surface area contributed by atoms with E-state index in [1.54, 1.807) is 7.11 Å². The second-order valence-electron chi connectivity index (χ2n) is 7.40. The van der Waals surface area contributed by atoms with Gasteiger partial charge in [0.25, 0.3) is 0 Å². The zero-order valence-corrected chi connectivity index (χ0v) is 14.3. The van der Waals surface area contributed by atoms with Crippen LogP contribution in [0.25, 0.3) is 0 Å². The highest BCUT2D eigenvalue weighted by Crippen LogP contribution is 2.53. The lowest BCUT2D eigenvalue weighted by atomic mass is 9.52. The van der Waals surface area contributed by atoms with Gasteiger partial charge in [-0.3, -0.25) is 15.6 Å². The minimum atomic E-state index is -0.623. The lowest BCUT2D eigenvalue weighted by molar-refractivity contribution is -0.0795. The fourth-order valence-electron chi connectivity index (χ4n) is 4.75. The average Bonchev–Trinajstić information content (AvgIpc) is 3.09. The summed E-state index contributed by atoms with van der Waals surface area (Å²) in [4.78, 5) is 4.40. The number of aliphatic imine (C=N–C) groups is 1. The third-order valence-electron chi connectivity index (χ3n) is 6.15. The third-order valence-corrected chi connectivity index (χ3v) is 6.15. The van der Waals surface area contributed by atoms with Crippen LogP contribution in [0.4, 0.5) is 0 Å². The molecular formula is C19H27N3O2. The van der Waals surface area contributed by atoms with Gasteiger partial charge < -0.3 is 9.84 Å². The van der Waals surface area contributed by atoms with Gasteiger partial charge in [0.15, 0.2) is 6.29 Å². The molecule has 2 aliphatic carbocycles. The SMILES string of the molecule is COc1ccc2c(c1)CC2(CNC1N=CCN1)C1(O)CCCCC1. The van der Waals surface area contributed by atoms with Crippen LogP contribution in [-0.2, 0) is 11.8 Å². The lowest BCUT2D eigenvalue weighted by Crippen LogP contribution is -2.64. The maximum absolute atomic E-state index is 11.6. The molecule has 1 saturated carbocycles. The second kappa shape index (κ2) is 6.14. The summed E-state index contributed by atoms with van der Waals surface area (Å²) < 4.78 is 5.36. The molecule has 0 radical (unpaired) electrons. The first-order valence-corrected chi connectivity index (χ1v) is 9.05. The molecule has 1 aromatic carbocycles. The lowest BCUT2D eigenvalue weighted by Gasteiger charge is -2.56. The molecule has 5 heteroatoms. The minimum Gasteiger partial charge on any atom is -0.497 e. The molecule has 3 N–H and O–H groups in total. The molecule has 1 aromatic rings. The molecule has 0 bridgehead atoms. The van der Waals surface area contributed by atoms with E-state index in [0.717, 1.165) is 50.9 Å². The second-order valence-corrected chi connectivity index (χ2v) is 7.40. The standard InChI is InChI=1S/C19H27N3O2/c1-24-15-5-6-16-14(11-15)12-18(16,13-22-17-20-9-10-21-17)19(23)7-3-2-4-8-19/h5-6,9,11,17,21-23H,2-4,7-8,10,12-13H2,1H3. The molecule has 24 heavy (non-hydrogen) atoms. The predicted octanol–water partition coefficient (Wildman–Crippen LogP) is 1.73. The summed E-state index contributed by atoms with van der Waals surface area (Å²) in [5.41, 5.74) is 1.75. The van der Waals surface area contributed by atoms with Crippen molar-refractivity contribution in [3.8, 4) is 5.75 Å². The minimum absolute atomic E-state index is 0.0311. The molecule has 0 aromatic heterocycles. The maximum atomic E-state index is 11.6. The van der Waals surface area contributed by atoms with Crippen molar-refractivity contribution in [2.24, 2.45) is 4.99 Å². The van der Waals surface area contributed by atoms with Crippen molar-refractivity contribution in [2.45, 2.75) is 55.8 Å². The molecular weight excluding hydrogens is 302 g/mol. The van der Waals surface area contributed by atoms with Crippen LogP contribution >= 0.6 is 0 Å². The molecule has 5 nitrogen and oxygen atoms in total. The van der Waals surface area contributed by atoms with Crippen molar-refractivity contribution in [1.82, 2.24) is 10.6 Å². The fraction of sp³-hybridized carbons (Fsp3) is 0.632. The number of nitrogens with zero attached hydrogens (tertiary/aromatic N) is 1. The Kier molecular flexibility index (Phi) is 4.11. The summed E-state index contributed by atoms with van der Waals surface area (Å²) in [6.07, 6.45) is 8.02. The summed E-state index contributed by atoms with van der Waals surface area (Å²) >= 11 is 0. The van der Waals surface area contributed by atoms with E-state index in [4.69, 9.17) is 4.74 Å². The van der Waals surface area contributed by atoms with Crippen molar-refractivity contribution < 1.29 is 9.84 Å². The Bertz CT molecular complexity index is 639. The predicted molar refractivity (Wildman–Crippen MR) is 94.7 cm³/mol. The van der Waals surface area contributed by atoms with Crippen molar-refractivity contribution >= 4 is 6.21 Å². The van der Waals surface area contributed by atoms with Gasteiger partial charge >= 0.3 is 0 Å². The number of ether oxygens (including phenoxy) is 1. The number of benzene rings is 1. The van der Waals surface area contributed by atoms with Gasteiger partial charge in [-0.05, 0) is 42.5 Å². The van der Waals surface area contributed by atoms with E-state index in [2.05, 4.69) is 27.8 Å². The van der Waals surface area contributed by atoms with Crippen molar-refractivity contribution in [3.63, 3.8) is 0 Å². The smallest absolute Gasteiger partial charge is 0.153 e. The number of methoxy groups -OCH3 is 1. The van der Waals surface area contributed by atoms with Gasteiger partial charge in [0, 0.05) is 24.7 Å². The van der Waals surface area contributed by atoms with Crippen LogP contribution in [0.5, 0.6) is 5.75 Å². The first-order chi connectivity index (χ1) is 11.7. The van der Waals surface area contributed by atoms with Gasteiger partial charge in [0.2, 0.25) is 0 Å². The van der Waals surface area contributed by atoms with E-state index in [1.165, 1.54) is 17.5 Å². The van der Waals surface area contributed by atoms with Crippen LogP contribution in [0.1, 0.15) is 43.2 Å². The summed E-state index contributed by atoms with van der Waals surface area (Å²) in [6.45, 7) is 1.56. The van der Waals surface area contributed by atoms with Crippen LogP contribution in [0.15, 0.2) is 23.2 Å². The highest BCUT2D eigenvalue weighted by molar-refractivity contribution is 5.61. The van der Waals surface area contributed by atoms with E-state index < -0.39 is 5.60 Å². The molecule has 4 rings (SSSR count). The van der Waals surface area contributed by atoms with Gasteiger partial charge in [0.05, 0.1) is 12.7 Å². The Balaban J connectivity index is 1.63. The summed E-state index contributed by atoms with van der Waals surface area (Å²) in [5, 5.41) is 18.4. The first-order valence-electron chi connectivity index (χ1n) is 9.05. The van der Waals surface area contributed by atoms with Gasteiger partial charge in [-0.15, -0.1) is 0 Å². The maximum Gasteiger partial charge on any atom is 0.153 e. The van der Waals surface area contributed by atoms with Crippen LogP contribution in [-0.4, -0.2) is 43.4 Å². The van der Waals surface area contributed by atoms with Crippen molar-refractivity contribution in [3.05, 3.63) is 29.3 Å². The van der Waals surface area contributed by atoms with Gasteiger partial charge in [-0.2, -0.15) is 0 Å². The third kappa shape index (κ3) is 2.46. The number of rotatable bonds is 5. The van der Waals surface area contributed by atoms with E-state index in [-0.39, 0.29) is 11.7 Å². The number of aliphatic hydroxyl groups is 1. The summed E-state index contributed by atoms with van der Waals surface area (Å²) in [6, 6.07) is 6.29. The monoisotopic (exact) mass is 329 g/mol. The van der Waals surface area contributed by atoms with Gasteiger partial charge in [-0.25, -0.2) is 0 Å². The molecule has 1 fully saturated rings. The van der Waals surface area contributed by atoms with E-state index in [0.29, 0.717) is 0 Å². The molecule has 2 unspecified atom stereocenters. The number of nitrogens with one attached hydrogen (secondary N) is 2. The van der Waals surface area contributed by atoms with Crippen LogP contribution in [0.2, 0.25) is 0 Å². The molecule has 130 valence electrons. The quantitative estimate of drug-likeness (QED) is 0.770. The number of fused-ring (bicyclic) bond motifs is 1. The van der Waals surface area contributed by atoms with Gasteiger partial charge in [0.1, 0.15) is 5.75 Å². The first kappa shape index (κ1) is 16.1. The fourth-order valence-corrected chi connectivity index (χ4v) is 4.75. The number of hydrogen-bond acceptors (Lipinski definition) is 5. The van der Waals surface area contributed by atoms with Crippen LogP contribution in [0, 0.1) is 0 Å². The Morgan fingerprint density at radius 2 is 2.17 bits per heavy atom. The van der Waals surface area contributed by atoms with Crippen LogP contribution in [0.3, 0.4) is 0 Å². The Morgan fingerprint density at radius 1 is 1.33 bits per heavy atom. The Hall–Kier alpha value is -1.43.